The predicted molar refractivity (Wildman–Crippen MR) is 44.1 cm³/mol. The summed E-state index contributed by atoms with van der Waals surface area (Å²) < 4.78 is 4.51. The van der Waals surface area contributed by atoms with Gasteiger partial charge >= 0.3 is 11.6 Å². The van der Waals surface area contributed by atoms with E-state index in [4.69, 9.17) is 0 Å². The third-order valence-electron chi connectivity index (χ3n) is 1.23. The first-order valence-electron chi connectivity index (χ1n) is 3.05. The first-order valence-corrected chi connectivity index (χ1v) is 3.84. The summed E-state index contributed by atoms with van der Waals surface area (Å²) in [5, 5.41) is 24.5. The molecular formula is C5H4BrN3O4. The number of hydrogen-bond donors (Lipinski definition) is 0. The molecule has 0 aliphatic carbocycles. The van der Waals surface area contributed by atoms with E-state index in [-0.39, 0.29) is 21.0 Å². The van der Waals surface area contributed by atoms with Gasteiger partial charge in [0.05, 0.1) is 17.1 Å². The zero-order valence-corrected chi connectivity index (χ0v) is 8.02. The molecule has 0 saturated heterocycles. The van der Waals surface area contributed by atoms with Gasteiger partial charge in [0.2, 0.25) is 0 Å². The molecule has 1 heterocycles. The van der Waals surface area contributed by atoms with E-state index in [0.29, 0.717) is 0 Å². The first kappa shape index (κ1) is 9.65. The molecule has 1 rings (SSSR count). The molecule has 0 atom stereocenters. The van der Waals surface area contributed by atoms with Crippen molar-refractivity contribution in [2.45, 2.75) is 0 Å². The van der Waals surface area contributed by atoms with Crippen molar-refractivity contribution in [2.24, 2.45) is 0 Å². The highest BCUT2D eigenvalue weighted by molar-refractivity contribution is 9.10. The molecule has 13 heavy (non-hydrogen) atoms. The minimum absolute atomic E-state index is 0.0417. The molecule has 0 spiro atoms. The van der Waals surface area contributed by atoms with Crippen molar-refractivity contribution in [1.29, 1.82) is 0 Å². The van der Waals surface area contributed by atoms with Crippen LogP contribution in [0.4, 0.5) is 5.69 Å². The third kappa shape index (κ3) is 1.83. The van der Waals surface area contributed by atoms with E-state index < -0.39 is 4.92 Å². The van der Waals surface area contributed by atoms with E-state index in [1.807, 2.05) is 0 Å². The Kier molecular flexibility index (Phi) is 2.61. The minimum Gasteiger partial charge on any atom is -0.593 e. The van der Waals surface area contributed by atoms with Gasteiger partial charge in [-0.15, -0.1) is 0 Å². The van der Waals surface area contributed by atoms with Crippen LogP contribution in [0.1, 0.15) is 0 Å². The predicted octanol–water partition coefficient (Wildman–Crippen LogP) is 0.394. The van der Waals surface area contributed by atoms with E-state index in [0.717, 1.165) is 6.07 Å². The van der Waals surface area contributed by atoms with E-state index in [1.54, 1.807) is 0 Å². The van der Waals surface area contributed by atoms with Crippen LogP contribution in [0.25, 0.3) is 0 Å². The number of rotatable bonds is 2. The first-order chi connectivity index (χ1) is 6.06. The molecule has 0 aliphatic rings. The number of methoxy groups -OCH3 is 1. The number of hydrogen-bond acceptors (Lipinski definition) is 5. The molecule has 0 radical (unpaired) electrons. The van der Waals surface area contributed by atoms with Gasteiger partial charge in [-0.2, -0.15) is 0 Å². The molecule has 0 saturated carbocycles. The number of nitro groups is 1. The maximum atomic E-state index is 10.8. The van der Waals surface area contributed by atoms with Crippen LogP contribution in [0.2, 0.25) is 0 Å². The Balaban J connectivity index is 3.33. The van der Waals surface area contributed by atoms with Gasteiger partial charge in [-0.1, -0.05) is 0 Å². The molecule has 7 nitrogen and oxygen atoms in total. The second-order valence-corrected chi connectivity index (χ2v) is 2.80. The van der Waals surface area contributed by atoms with Crippen molar-refractivity contribution in [2.75, 3.05) is 7.11 Å². The Labute approximate surface area is 80.8 Å². The highest BCUT2D eigenvalue weighted by Crippen LogP contribution is 2.23. The molecule has 0 N–H and O–H groups in total. The van der Waals surface area contributed by atoms with Crippen LogP contribution in [-0.2, 0) is 0 Å². The Morgan fingerprint density at radius 2 is 2.38 bits per heavy atom. The molecule has 0 aromatic carbocycles. The van der Waals surface area contributed by atoms with Gasteiger partial charge in [-0.3, -0.25) is 10.1 Å². The van der Waals surface area contributed by atoms with Crippen LogP contribution >= 0.6 is 15.9 Å². The Morgan fingerprint density at radius 1 is 1.77 bits per heavy atom. The average Bonchev–Trinajstić information content (AvgIpc) is 2.08. The van der Waals surface area contributed by atoms with Gasteiger partial charge in [-0.25, -0.2) is 0 Å². The van der Waals surface area contributed by atoms with Crippen LogP contribution in [0.5, 0.6) is 5.88 Å². The van der Waals surface area contributed by atoms with Crippen molar-refractivity contribution in [3.05, 3.63) is 26.0 Å². The van der Waals surface area contributed by atoms with Gasteiger partial charge in [0, 0.05) is 15.9 Å². The van der Waals surface area contributed by atoms with Crippen molar-refractivity contribution in [3.8, 4) is 5.88 Å². The van der Waals surface area contributed by atoms with Gasteiger partial charge in [-0.05, 0) is 4.85 Å². The van der Waals surface area contributed by atoms with Crippen LogP contribution in [0, 0.1) is 15.3 Å². The number of ether oxygens (including phenoxy) is 1. The van der Waals surface area contributed by atoms with Gasteiger partial charge in [0.1, 0.15) is 6.07 Å². The van der Waals surface area contributed by atoms with Gasteiger partial charge < -0.3 is 9.94 Å². The highest BCUT2D eigenvalue weighted by Gasteiger charge is 2.23. The fourth-order valence-corrected chi connectivity index (χ4v) is 0.984. The Morgan fingerprint density at radius 3 is 2.85 bits per heavy atom. The van der Waals surface area contributed by atoms with E-state index >= 15 is 0 Å². The maximum absolute atomic E-state index is 10.8. The zero-order chi connectivity index (χ0) is 10.0. The molecule has 1 aromatic rings. The van der Waals surface area contributed by atoms with Gasteiger partial charge in [0.25, 0.3) is 4.60 Å². The SMILES string of the molecule is COc1n[n+]([O-])c(Br)cc1[N+](=O)[O-]. The fourth-order valence-electron chi connectivity index (χ4n) is 0.687. The molecule has 70 valence electrons. The quantitative estimate of drug-likeness (QED) is 0.327. The van der Waals surface area contributed by atoms with Crippen LogP contribution in [0.15, 0.2) is 10.7 Å². The molecule has 0 bridgehead atoms. The summed E-state index contributed by atoms with van der Waals surface area (Å²) in [6, 6.07) is 1.03. The fraction of sp³-hybridized carbons (Fsp3) is 0.200. The zero-order valence-electron chi connectivity index (χ0n) is 6.43. The summed E-state index contributed by atoms with van der Waals surface area (Å²) >= 11 is 2.81. The maximum Gasteiger partial charge on any atom is 0.359 e. The molecule has 0 unspecified atom stereocenters. The van der Waals surface area contributed by atoms with Crippen molar-refractivity contribution in [3.63, 3.8) is 0 Å². The standard InChI is InChI=1S/C5H4BrN3O4/c1-13-5-3(9(11)12)2-4(6)8(10)7-5/h2H,1H3. The highest BCUT2D eigenvalue weighted by atomic mass is 79.9. The van der Waals surface area contributed by atoms with Crippen LogP contribution < -0.4 is 9.58 Å². The lowest BCUT2D eigenvalue weighted by Gasteiger charge is -1.99. The normalized spacial score (nSPS) is 9.69. The lowest BCUT2D eigenvalue weighted by atomic mass is 10.5. The molecule has 0 amide bonds. The van der Waals surface area contributed by atoms with E-state index in [9.17, 15) is 15.3 Å². The molecule has 1 aromatic heterocycles. The summed E-state index contributed by atoms with van der Waals surface area (Å²) in [7, 11) is 1.20. The molecule has 0 aliphatic heterocycles. The summed E-state index contributed by atoms with van der Waals surface area (Å²) in [5.41, 5.74) is -0.360. The van der Waals surface area contributed by atoms with Crippen LogP contribution in [-0.4, -0.2) is 17.1 Å². The summed E-state index contributed by atoms with van der Waals surface area (Å²) in [5.74, 6) is -0.316. The smallest absolute Gasteiger partial charge is 0.359 e. The number of nitrogens with zero attached hydrogens (tertiary/aromatic N) is 3. The number of aromatic nitrogens is 2. The number of halogens is 1. The Hall–Kier alpha value is -1.44. The monoisotopic (exact) mass is 249 g/mol. The van der Waals surface area contributed by atoms with Crippen molar-refractivity contribution in [1.82, 2.24) is 5.10 Å². The second kappa shape index (κ2) is 3.52. The van der Waals surface area contributed by atoms with Crippen LogP contribution in [0.3, 0.4) is 0 Å². The topological polar surface area (TPSA) is 92.2 Å². The van der Waals surface area contributed by atoms with E-state index in [1.165, 1.54) is 7.11 Å². The molecule has 8 heteroatoms. The van der Waals surface area contributed by atoms with Crippen molar-refractivity contribution >= 4 is 21.6 Å². The van der Waals surface area contributed by atoms with E-state index in [2.05, 4.69) is 25.8 Å². The largest absolute Gasteiger partial charge is 0.593 e. The lowest BCUT2D eigenvalue weighted by Crippen LogP contribution is -2.33. The minimum atomic E-state index is -0.684. The summed E-state index contributed by atoms with van der Waals surface area (Å²) in [6.07, 6.45) is 0. The second-order valence-electron chi connectivity index (χ2n) is 1.99. The average molecular weight is 250 g/mol. The molecular weight excluding hydrogens is 246 g/mol. The van der Waals surface area contributed by atoms with Crippen molar-refractivity contribution < 1.29 is 14.5 Å². The summed E-state index contributed by atoms with van der Waals surface area (Å²) in [4.78, 5) is 9.90. The Bertz CT molecular complexity index is 356. The van der Waals surface area contributed by atoms with Gasteiger partial charge in [0.15, 0.2) is 0 Å². The molecule has 0 fully saturated rings. The summed E-state index contributed by atoms with van der Waals surface area (Å²) in [6.45, 7) is 0. The third-order valence-corrected chi connectivity index (χ3v) is 1.76. The lowest BCUT2D eigenvalue weighted by molar-refractivity contribution is -0.681.